The summed E-state index contributed by atoms with van der Waals surface area (Å²) in [7, 11) is 5.90. The van der Waals surface area contributed by atoms with Crippen LogP contribution >= 0.6 is 11.3 Å². The number of hydrogen-bond donors (Lipinski definition) is 7. The molecule has 0 radical (unpaired) electrons. The molecule has 0 amide bonds. The van der Waals surface area contributed by atoms with E-state index < -0.39 is 5.60 Å². The van der Waals surface area contributed by atoms with E-state index >= 15 is 0 Å². The minimum atomic E-state index is -0.665. The fourth-order valence-electron chi connectivity index (χ4n) is 8.89. The molecule has 5 atom stereocenters. The van der Waals surface area contributed by atoms with E-state index in [1.54, 1.807) is 6.26 Å². The van der Waals surface area contributed by atoms with Crippen molar-refractivity contribution in [2.24, 2.45) is 0 Å². The number of thiophene rings is 1. The molecule has 0 saturated carbocycles. The Hall–Kier alpha value is -6.80. The average molecular weight is 1200 g/mol. The third-order valence-corrected chi connectivity index (χ3v) is 15.6. The number of nitrogens with one attached hydrogen (secondary N) is 1. The maximum atomic E-state index is 9.79. The van der Waals surface area contributed by atoms with Gasteiger partial charge in [-0.2, -0.15) is 0 Å². The summed E-state index contributed by atoms with van der Waals surface area (Å²) >= 11 is 1.82. The van der Waals surface area contributed by atoms with E-state index in [1.165, 1.54) is 125 Å². The molecule has 0 saturated heterocycles. The van der Waals surface area contributed by atoms with Crippen LogP contribution in [0.15, 0.2) is 184 Å². The van der Waals surface area contributed by atoms with Crippen LogP contribution in [0.3, 0.4) is 0 Å². The van der Waals surface area contributed by atoms with Gasteiger partial charge in [-0.1, -0.05) is 178 Å². The van der Waals surface area contributed by atoms with Gasteiger partial charge in [0.25, 0.3) is 0 Å². The lowest BCUT2D eigenvalue weighted by Gasteiger charge is -2.21. The monoisotopic (exact) mass is 1200 g/mol. The lowest BCUT2D eigenvalue weighted by molar-refractivity contribution is -0.215. The van der Waals surface area contributed by atoms with Crippen molar-refractivity contribution in [3.05, 3.63) is 203 Å². The third-order valence-electron chi connectivity index (χ3n) is 14.7. The molecule has 4 heterocycles. The van der Waals surface area contributed by atoms with Crippen LogP contribution in [0.4, 0.5) is 0 Å². The molecule has 5 unspecified atom stereocenters. The van der Waals surface area contributed by atoms with Gasteiger partial charge in [0.2, 0.25) is 0 Å². The van der Waals surface area contributed by atoms with Crippen molar-refractivity contribution in [2.75, 3.05) is 35.5 Å². The predicted molar refractivity (Wildman–Crippen MR) is 357 cm³/mol. The Bertz CT molecular complexity index is 3400. The molecule has 4 aromatic heterocycles. The van der Waals surface area contributed by atoms with Crippen LogP contribution in [0, 0.1) is 0 Å². The number of aromatic amines is 1. The Kier molecular flexibility index (Phi) is 36.9. The summed E-state index contributed by atoms with van der Waals surface area (Å²) in [4.78, 5) is 19.7. The molecule has 86 heavy (non-hydrogen) atoms. The second kappa shape index (κ2) is 42.1. The fraction of sp³-hybridized carbons (Fsp3) is 0.352. The molecule has 7 aromatic carbocycles. The Labute approximate surface area is 512 Å². The molecular weight excluding hydrogens is 1110 g/mol. The highest BCUT2D eigenvalue weighted by Crippen LogP contribution is 2.35. The maximum Gasteiger partial charge on any atom is 0.135 e. The van der Waals surface area contributed by atoms with Gasteiger partial charge in [0.1, 0.15) is 16.7 Å². The molecule has 0 fully saturated rings. The molecule has 0 aliphatic heterocycles. The predicted octanol–water partition coefficient (Wildman–Crippen LogP) is 21.1. The first-order chi connectivity index (χ1) is 41.5. The van der Waals surface area contributed by atoms with Crippen LogP contribution < -0.4 is 0 Å². The molecule has 468 valence electrons. The van der Waals surface area contributed by atoms with Crippen LogP contribution in [0.5, 0.6) is 0 Å². The van der Waals surface area contributed by atoms with Gasteiger partial charge < -0.3 is 18.9 Å². The SMILES string of the molecule is CCC(C)(O)c1ccccc1.CCC(C)c1ccc2c(c1)oc1ccccc12.CCC(C)c1ccc2ccoc2c1.CCC(C)c1ccc2sccc2c1.CCC(C)c1cccc2[nH]c3ccccc3c12.COO.COO.COO.COO.COO. The van der Waals surface area contributed by atoms with Gasteiger partial charge in [0, 0.05) is 42.7 Å². The van der Waals surface area contributed by atoms with Crippen LogP contribution in [-0.4, -0.2) is 71.9 Å². The normalized spacial score (nSPS) is 12.4. The quantitative estimate of drug-likeness (QED) is 0.0503. The zero-order valence-electron chi connectivity index (χ0n) is 53.0. The number of aliphatic hydroxyl groups is 1. The lowest BCUT2D eigenvalue weighted by Crippen LogP contribution is -2.19. The number of hydrogen-bond acceptors (Lipinski definition) is 14. The summed E-state index contributed by atoms with van der Waals surface area (Å²) in [5.74, 6) is 2.50. The first-order valence-electron chi connectivity index (χ1n) is 29.0. The van der Waals surface area contributed by atoms with Crippen molar-refractivity contribution in [3.63, 3.8) is 0 Å². The van der Waals surface area contributed by atoms with Crippen molar-refractivity contribution in [1.82, 2.24) is 4.98 Å². The third kappa shape index (κ3) is 23.8. The number of furan rings is 2. The highest BCUT2D eigenvalue weighted by atomic mass is 32.1. The largest absolute Gasteiger partial charge is 0.464 e. The molecule has 0 bridgehead atoms. The van der Waals surface area contributed by atoms with Crippen molar-refractivity contribution < 1.29 is 64.7 Å². The van der Waals surface area contributed by atoms with Gasteiger partial charge >= 0.3 is 0 Å². The Balaban J connectivity index is 0.000000348. The fourth-order valence-corrected chi connectivity index (χ4v) is 9.66. The van der Waals surface area contributed by atoms with E-state index in [0.29, 0.717) is 23.7 Å². The molecule has 7 N–H and O–H groups in total. The molecular formula is C71H95NO13S. The van der Waals surface area contributed by atoms with E-state index in [2.05, 4.69) is 205 Å². The molecule has 0 aliphatic rings. The summed E-state index contributed by atoms with van der Waals surface area (Å²) in [6, 6.07) is 57.1. The van der Waals surface area contributed by atoms with E-state index in [0.717, 1.165) is 35.2 Å². The average Bonchev–Trinajstić information content (AvgIpc) is 1.93. The van der Waals surface area contributed by atoms with Gasteiger partial charge in [-0.15, -0.1) is 11.3 Å². The summed E-state index contributed by atoms with van der Waals surface area (Å²) in [6.07, 6.45) is 7.22. The second-order valence-corrected chi connectivity index (χ2v) is 21.3. The molecule has 11 rings (SSSR count). The second-order valence-electron chi connectivity index (χ2n) is 20.4. The van der Waals surface area contributed by atoms with Crippen molar-refractivity contribution >= 4 is 76.1 Å². The van der Waals surface area contributed by atoms with Gasteiger partial charge in [-0.25, -0.2) is 24.4 Å². The molecule has 14 nitrogen and oxygen atoms in total. The maximum absolute atomic E-state index is 9.79. The van der Waals surface area contributed by atoms with Crippen LogP contribution in [-0.2, 0) is 30.0 Å². The Morgan fingerprint density at radius 1 is 0.465 bits per heavy atom. The standard InChI is InChI=1S/C16H17N.C16H16O.C12H14O.C12H14S.C10H14O.5CH4O2/c1-3-11(2)12-8-6-10-15-16(12)13-7-4-5-9-14(13)17-15;1-3-11(2)12-8-9-14-13-6-4-5-7-15(13)17-16(14)10-12;1-3-9(2)11-5-4-10-6-7-13-12(10)8-11;1-3-9(2)10-4-5-12-11(8-10)6-7-13-12;1-3-10(2,11)9-7-5-4-6-8-9;5*1-3-2/h4-11,17H,3H2,1-2H3;4-11H,3H2,1-2H3;2*4-9H,3H2,1-2H3;4-8,11H,3H2,1-2H3;5*2H,1H3. The van der Waals surface area contributed by atoms with E-state index in [1.807, 2.05) is 73.7 Å². The van der Waals surface area contributed by atoms with Gasteiger partial charge in [0.15, 0.2) is 0 Å². The minimum absolute atomic E-state index is 0.590. The number of fused-ring (bicyclic) bond motifs is 8. The lowest BCUT2D eigenvalue weighted by atomic mass is 9.94. The zero-order valence-corrected chi connectivity index (χ0v) is 53.9. The number of H-pyrrole nitrogens is 1. The van der Waals surface area contributed by atoms with Gasteiger partial charge in [0.05, 0.1) is 47.4 Å². The summed E-state index contributed by atoms with van der Waals surface area (Å²) < 4.78 is 12.6. The summed E-state index contributed by atoms with van der Waals surface area (Å²) in [6.45, 7) is 21.8. The van der Waals surface area contributed by atoms with Crippen molar-refractivity contribution in [3.8, 4) is 0 Å². The van der Waals surface area contributed by atoms with E-state index in [-0.39, 0.29) is 0 Å². The first-order valence-corrected chi connectivity index (χ1v) is 29.8. The zero-order chi connectivity index (χ0) is 64.0. The molecule has 11 aromatic rings. The van der Waals surface area contributed by atoms with Crippen LogP contribution in [0.1, 0.15) is 153 Å². The van der Waals surface area contributed by atoms with Gasteiger partial charge in [-0.3, -0.25) is 26.3 Å². The van der Waals surface area contributed by atoms with E-state index in [9.17, 15) is 5.11 Å². The highest BCUT2D eigenvalue weighted by Gasteiger charge is 2.19. The highest BCUT2D eigenvalue weighted by molar-refractivity contribution is 7.17. The molecule has 0 aliphatic carbocycles. The smallest absolute Gasteiger partial charge is 0.135 e. The number of rotatable bonds is 10. The number of benzene rings is 7. The van der Waals surface area contributed by atoms with Crippen LogP contribution in [0.25, 0.3) is 64.8 Å². The topological polar surface area (TPSA) is 210 Å². The van der Waals surface area contributed by atoms with Crippen LogP contribution in [0.2, 0.25) is 0 Å². The summed E-state index contributed by atoms with van der Waals surface area (Å²) in [5.41, 5.74) is 11.4. The molecule has 0 spiro atoms. The Morgan fingerprint density at radius 3 is 1.51 bits per heavy atom. The number of aromatic nitrogens is 1. The van der Waals surface area contributed by atoms with Crippen molar-refractivity contribution in [2.45, 2.75) is 131 Å². The first kappa shape index (κ1) is 75.3. The molecule has 15 heteroatoms. The number of para-hydroxylation sites is 2. The van der Waals surface area contributed by atoms with Gasteiger partial charge in [-0.05, 0) is 150 Å². The van der Waals surface area contributed by atoms with E-state index in [4.69, 9.17) is 35.1 Å². The Morgan fingerprint density at radius 2 is 0.942 bits per heavy atom. The summed E-state index contributed by atoms with van der Waals surface area (Å²) in [5, 5.41) is 55.0. The van der Waals surface area contributed by atoms with Crippen molar-refractivity contribution in [1.29, 1.82) is 0 Å². The minimum Gasteiger partial charge on any atom is -0.464 e.